The third-order valence-corrected chi connectivity index (χ3v) is 4.35. The molecule has 1 fully saturated rings. The smallest absolute Gasteiger partial charge is 0.226 e. The van der Waals surface area contributed by atoms with Gasteiger partial charge in [-0.1, -0.05) is 42.5 Å². The van der Waals surface area contributed by atoms with Crippen LogP contribution in [0.2, 0.25) is 0 Å². The average Bonchev–Trinajstić information content (AvgIpc) is 2.77. The molecule has 94 valence electrons. The number of rotatable bonds is 2. The zero-order valence-electron chi connectivity index (χ0n) is 10.8. The van der Waals surface area contributed by atoms with Crippen molar-refractivity contribution in [3.63, 3.8) is 0 Å². The average molecular weight is 241 g/mol. The zero-order chi connectivity index (χ0) is 12.5. The Kier molecular flexibility index (Phi) is 2.94. The summed E-state index contributed by atoms with van der Waals surface area (Å²) in [6.45, 7) is 3.06. The van der Waals surface area contributed by atoms with Gasteiger partial charge < -0.3 is 4.90 Å². The minimum atomic E-state index is 0.198. The summed E-state index contributed by atoms with van der Waals surface area (Å²) in [6, 6.07) is 10.5. The molecule has 3 atom stereocenters. The number of carbonyl (C=O) groups is 1. The minimum absolute atomic E-state index is 0.198. The van der Waals surface area contributed by atoms with Gasteiger partial charge in [-0.2, -0.15) is 0 Å². The van der Waals surface area contributed by atoms with Gasteiger partial charge in [0.25, 0.3) is 0 Å². The van der Waals surface area contributed by atoms with Crippen molar-refractivity contribution in [2.75, 3.05) is 6.54 Å². The van der Waals surface area contributed by atoms with Crippen LogP contribution in [0.15, 0.2) is 42.5 Å². The highest BCUT2D eigenvalue weighted by molar-refractivity contribution is 5.82. The Morgan fingerprint density at radius 2 is 1.89 bits per heavy atom. The number of carbonyl (C=O) groups excluding carboxylic acids is 1. The van der Waals surface area contributed by atoms with Gasteiger partial charge >= 0.3 is 0 Å². The summed E-state index contributed by atoms with van der Waals surface area (Å²) in [5.74, 6) is 1.12. The van der Waals surface area contributed by atoms with E-state index in [2.05, 4.69) is 36.1 Å². The first kappa shape index (κ1) is 11.5. The molecular weight excluding hydrogens is 222 g/mol. The Morgan fingerprint density at radius 1 is 1.17 bits per heavy atom. The topological polar surface area (TPSA) is 20.3 Å². The van der Waals surface area contributed by atoms with Crippen LogP contribution in [0.3, 0.4) is 0 Å². The van der Waals surface area contributed by atoms with E-state index < -0.39 is 0 Å². The van der Waals surface area contributed by atoms with Crippen molar-refractivity contribution < 1.29 is 4.79 Å². The van der Waals surface area contributed by atoms with Crippen LogP contribution in [0.25, 0.3) is 0 Å². The lowest BCUT2D eigenvalue weighted by Gasteiger charge is -2.25. The molecular formula is C16H19NO. The fourth-order valence-electron chi connectivity index (χ4n) is 3.19. The van der Waals surface area contributed by atoms with E-state index in [4.69, 9.17) is 0 Å². The van der Waals surface area contributed by atoms with Crippen molar-refractivity contribution in [2.24, 2.45) is 11.8 Å². The first-order valence-electron chi connectivity index (χ1n) is 6.78. The van der Waals surface area contributed by atoms with E-state index in [0.717, 1.165) is 19.4 Å². The molecule has 0 aromatic heterocycles. The van der Waals surface area contributed by atoms with Gasteiger partial charge in [0.15, 0.2) is 0 Å². The van der Waals surface area contributed by atoms with Crippen LogP contribution in [-0.2, 0) is 4.79 Å². The first-order chi connectivity index (χ1) is 8.77. The molecule has 0 radical (unpaired) electrons. The molecule has 0 saturated carbocycles. The molecule has 0 spiro atoms. The Hall–Kier alpha value is -1.57. The third-order valence-electron chi connectivity index (χ3n) is 4.35. The molecule has 2 nitrogen and oxygen atoms in total. The Balaban J connectivity index is 1.80. The molecule has 1 amide bonds. The Morgan fingerprint density at radius 3 is 2.61 bits per heavy atom. The van der Waals surface area contributed by atoms with Gasteiger partial charge in [-0.25, -0.2) is 0 Å². The van der Waals surface area contributed by atoms with Crippen molar-refractivity contribution >= 4 is 5.91 Å². The van der Waals surface area contributed by atoms with Gasteiger partial charge in [0.05, 0.1) is 6.04 Å². The predicted molar refractivity (Wildman–Crippen MR) is 71.9 cm³/mol. The summed E-state index contributed by atoms with van der Waals surface area (Å²) >= 11 is 0. The van der Waals surface area contributed by atoms with Gasteiger partial charge in [0.2, 0.25) is 5.91 Å². The zero-order valence-corrected chi connectivity index (χ0v) is 10.8. The second-order valence-electron chi connectivity index (χ2n) is 5.39. The lowest BCUT2D eigenvalue weighted by atomic mass is 9.86. The number of likely N-dealkylation sites (tertiary alicyclic amines) is 1. The second kappa shape index (κ2) is 4.60. The quantitative estimate of drug-likeness (QED) is 0.728. The monoisotopic (exact) mass is 241 g/mol. The SMILES string of the molecule is CC(c1ccccc1)N1CC2CC=CC[C@H]2C1=O. The number of allylic oxidation sites excluding steroid dienone is 2. The van der Waals surface area contributed by atoms with E-state index in [1.807, 2.05) is 18.2 Å². The van der Waals surface area contributed by atoms with E-state index in [1.165, 1.54) is 5.56 Å². The van der Waals surface area contributed by atoms with Crippen molar-refractivity contribution in [3.05, 3.63) is 48.0 Å². The predicted octanol–water partition coefficient (Wildman–Crippen LogP) is 3.17. The summed E-state index contributed by atoms with van der Waals surface area (Å²) < 4.78 is 0. The highest BCUT2D eigenvalue weighted by atomic mass is 16.2. The summed E-state index contributed by atoms with van der Waals surface area (Å²) in [4.78, 5) is 14.5. The maximum Gasteiger partial charge on any atom is 0.226 e. The standard InChI is InChI=1S/C16H19NO/c1-12(13-7-3-2-4-8-13)17-11-14-9-5-6-10-15(14)16(17)18/h2-8,12,14-15H,9-11H2,1H3/t12?,14?,15-/m1/s1. The van der Waals surface area contributed by atoms with Gasteiger partial charge in [0.1, 0.15) is 0 Å². The molecule has 2 heteroatoms. The van der Waals surface area contributed by atoms with Gasteiger partial charge in [-0.15, -0.1) is 0 Å². The minimum Gasteiger partial charge on any atom is -0.335 e. The number of nitrogens with zero attached hydrogens (tertiary/aromatic N) is 1. The summed E-state index contributed by atoms with van der Waals surface area (Å²) in [7, 11) is 0. The number of fused-ring (bicyclic) bond motifs is 1. The van der Waals surface area contributed by atoms with Crippen molar-refractivity contribution in [2.45, 2.75) is 25.8 Å². The molecule has 1 aliphatic heterocycles. The van der Waals surface area contributed by atoms with E-state index in [1.54, 1.807) is 0 Å². The van der Waals surface area contributed by atoms with Crippen molar-refractivity contribution in [1.82, 2.24) is 4.90 Å². The summed E-state index contributed by atoms with van der Waals surface area (Å²) in [6.07, 6.45) is 6.39. The molecule has 1 aromatic rings. The summed E-state index contributed by atoms with van der Waals surface area (Å²) in [5, 5.41) is 0. The highest BCUT2D eigenvalue weighted by Crippen LogP contribution is 2.37. The highest BCUT2D eigenvalue weighted by Gasteiger charge is 2.41. The fraction of sp³-hybridized carbons (Fsp3) is 0.438. The Bertz CT molecular complexity index is 465. The summed E-state index contributed by atoms with van der Waals surface area (Å²) in [5.41, 5.74) is 1.23. The first-order valence-corrected chi connectivity index (χ1v) is 6.78. The number of hydrogen-bond acceptors (Lipinski definition) is 1. The number of benzene rings is 1. The van der Waals surface area contributed by atoms with Crippen LogP contribution in [0.4, 0.5) is 0 Å². The van der Waals surface area contributed by atoms with E-state index in [9.17, 15) is 4.79 Å². The number of hydrogen-bond donors (Lipinski definition) is 0. The normalized spacial score (nSPS) is 28.3. The van der Waals surface area contributed by atoms with E-state index >= 15 is 0 Å². The van der Waals surface area contributed by atoms with Crippen LogP contribution in [-0.4, -0.2) is 17.4 Å². The maximum atomic E-state index is 12.4. The maximum absolute atomic E-state index is 12.4. The molecule has 2 unspecified atom stereocenters. The van der Waals surface area contributed by atoms with Crippen LogP contribution in [0.5, 0.6) is 0 Å². The van der Waals surface area contributed by atoms with Gasteiger partial charge in [-0.05, 0) is 31.2 Å². The third kappa shape index (κ3) is 1.86. The Labute approximate surface area is 108 Å². The molecule has 0 bridgehead atoms. The van der Waals surface area contributed by atoms with E-state index in [0.29, 0.717) is 11.8 Å². The molecule has 3 rings (SSSR count). The lowest BCUT2D eigenvalue weighted by Crippen LogP contribution is -2.30. The molecule has 1 saturated heterocycles. The van der Waals surface area contributed by atoms with Gasteiger partial charge in [-0.3, -0.25) is 4.79 Å². The fourth-order valence-corrected chi connectivity index (χ4v) is 3.19. The van der Waals surface area contributed by atoms with Crippen LogP contribution < -0.4 is 0 Å². The van der Waals surface area contributed by atoms with Crippen LogP contribution >= 0.6 is 0 Å². The molecule has 18 heavy (non-hydrogen) atoms. The number of amides is 1. The molecule has 1 heterocycles. The van der Waals surface area contributed by atoms with Crippen LogP contribution in [0.1, 0.15) is 31.4 Å². The van der Waals surface area contributed by atoms with E-state index in [-0.39, 0.29) is 12.0 Å². The van der Waals surface area contributed by atoms with Gasteiger partial charge in [0, 0.05) is 12.5 Å². The molecule has 1 aromatic carbocycles. The van der Waals surface area contributed by atoms with Crippen molar-refractivity contribution in [1.29, 1.82) is 0 Å². The molecule has 2 aliphatic rings. The molecule has 1 aliphatic carbocycles. The lowest BCUT2D eigenvalue weighted by molar-refractivity contribution is -0.132. The largest absolute Gasteiger partial charge is 0.335 e. The second-order valence-corrected chi connectivity index (χ2v) is 5.39. The molecule has 0 N–H and O–H groups in total. The van der Waals surface area contributed by atoms with Crippen molar-refractivity contribution in [3.8, 4) is 0 Å². The van der Waals surface area contributed by atoms with Crippen LogP contribution in [0, 0.1) is 11.8 Å².